The Kier molecular flexibility index (Phi) is 3.30. The topological polar surface area (TPSA) is 64.1 Å². The molecular weight excluding hydrogens is 218 g/mol. The molecule has 0 saturated heterocycles. The predicted molar refractivity (Wildman–Crippen MR) is 63.7 cm³/mol. The first-order chi connectivity index (χ1) is 8.33. The van der Waals surface area contributed by atoms with Gasteiger partial charge in [0, 0.05) is 29.6 Å². The van der Waals surface area contributed by atoms with Crippen LogP contribution in [0.15, 0.2) is 36.7 Å². The van der Waals surface area contributed by atoms with E-state index in [9.17, 15) is 4.79 Å². The van der Waals surface area contributed by atoms with Crippen LogP contribution in [0.25, 0.3) is 11.1 Å². The van der Waals surface area contributed by atoms with Crippen LogP contribution in [0.1, 0.15) is 0 Å². The zero-order valence-corrected chi connectivity index (χ0v) is 9.25. The van der Waals surface area contributed by atoms with Gasteiger partial charge in [0.15, 0.2) is 0 Å². The van der Waals surface area contributed by atoms with E-state index < -0.39 is 0 Å². The molecule has 0 aliphatic rings. The van der Waals surface area contributed by atoms with Gasteiger partial charge in [-0.1, -0.05) is 0 Å². The lowest BCUT2D eigenvalue weighted by atomic mass is 10.1. The van der Waals surface area contributed by atoms with Crippen LogP contribution in [0, 0.1) is 0 Å². The number of methoxy groups -OCH3 is 1. The Bertz CT molecular complexity index is 494. The molecule has 1 N–H and O–H groups in total. The van der Waals surface area contributed by atoms with E-state index in [2.05, 4.69) is 15.3 Å². The van der Waals surface area contributed by atoms with Crippen LogP contribution in [0.3, 0.4) is 0 Å². The Morgan fingerprint density at radius 2 is 1.82 bits per heavy atom. The largest absolute Gasteiger partial charge is 0.481 e. The minimum Gasteiger partial charge on any atom is -0.481 e. The summed E-state index contributed by atoms with van der Waals surface area (Å²) < 4.78 is 4.98. The fourth-order valence-electron chi connectivity index (χ4n) is 1.38. The first-order valence-corrected chi connectivity index (χ1v) is 5.00. The summed E-state index contributed by atoms with van der Waals surface area (Å²) >= 11 is 0. The van der Waals surface area contributed by atoms with E-state index >= 15 is 0 Å². The molecule has 0 spiro atoms. The summed E-state index contributed by atoms with van der Waals surface area (Å²) in [5.74, 6) is 1.09. The van der Waals surface area contributed by atoms with Crippen LogP contribution in [-0.4, -0.2) is 23.5 Å². The summed E-state index contributed by atoms with van der Waals surface area (Å²) in [6.07, 6.45) is 3.98. The van der Waals surface area contributed by atoms with E-state index in [1.54, 1.807) is 31.6 Å². The molecule has 0 bridgehead atoms. The summed E-state index contributed by atoms with van der Waals surface area (Å²) in [5, 5.41) is 2.48. The van der Waals surface area contributed by atoms with E-state index in [-0.39, 0.29) is 0 Å². The van der Waals surface area contributed by atoms with Gasteiger partial charge in [0.2, 0.25) is 12.3 Å². The molecule has 2 aromatic rings. The highest BCUT2D eigenvalue weighted by Crippen LogP contribution is 2.20. The van der Waals surface area contributed by atoms with Crippen molar-refractivity contribution in [2.75, 3.05) is 12.4 Å². The quantitative estimate of drug-likeness (QED) is 0.811. The molecule has 0 radical (unpaired) electrons. The predicted octanol–water partition coefficient (Wildman–Crippen LogP) is 1.72. The first kappa shape index (κ1) is 11.1. The second-order valence-electron chi connectivity index (χ2n) is 3.28. The Hall–Kier alpha value is -2.43. The number of hydrogen-bond donors (Lipinski definition) is 1. The minimum atomic E-state index is 0.519. The van der Waals surface area contributed by atoms with Crippen molar-refractivity contribution in [3.63, 3.8) is 0 Å². The number of rotatable bonds is 4. The van der Waals surface area contributed by atoms with Crippen LogP contribution in [0.2, 0.25) is 0 Å². The van der Waals surface area contributed by atoms with Crippen molar-refractivity contribution in [1.29, 1.82) is 0 Å². The third-order valence-electron chi connectivity index (χ3n) is 2.25. The standard InChI is InChI=1S/C12H11N3O2/c1-17-12-5-3-10(7-14-12)9-2-4-11(13-6-9)15-8-16/h2-8H,1H3,(H,13,15,16). The number of pyridine rings is 2. The van der Waals surface area contributed by atoms with Crippen molar-refractivity contribution in [2.45, 2.75) is 0 Å². The molecule has 17 heavy (non-hydrogen) atoms. The highest BCUT2D eigenvalue weighted by molar-refractivity contribution is 5.70. The SMILES string of the molecule is COc1ccc(-c2ccc(NC=O)nc2)cn1. The van der Waals surface area contributed by atoms with Gasteiger partial charge in [0.25, 0.3) is 0 Å². The van der Waals surface area contributed by atoms with Crippen molar-refractivity contribution in [1.82, 2.24) is 9.97 Å². The number of amides is 1. The molecule has 0 atom stereocenters. The van der Waals surface area contributed by atoms with Crippen molar-refractivity contribution in [3.05, 3.63) is 36.7 Å². The molecule has 86 valence electrons. The number of aromatic nitrogens is 2. The fourth-order valence-corrected chi connectivity index (χ4v) is 1.38. The second-order valence-corrected chi connectivity index (χ2v) is 3.28. The number of ether oxygens (including phenoxy) is 1. The van der Waals surface area contributed by atoms with Crippen LogP contribution < -0.4 is 10.1 Å². The van der Waals surface area contributed by atoms with Gasteiger partial charge in [-0.15, -0.1) is 0 Å². The number of anilines is 1. The summed E-state index contributed by atoms with van der Waals surface area (Å²) in [6.45, 7) is 0. The zero-order valence-electron chi connectivity index (χ0n) is 9.25. The minimum absolute atomic E-state index is 0.519. The molecule has 0 aliphatic carbocycles. The number of hydrogen-bond acceptors (Lipinski definition) is 4. The van der Waals surface area contributed by atoms with E-state index in [0.717, 1.165) is 11.1 Å². The van der Waals surface area contributed by atoms with Gasteiger partial charge in [0.05, 0.1) is 7.11 Å². The first-order valence-electron chi connectivity index (χ1n) is 5.00. The Labute approximate surface area is 98.5 Å². The number of carbonyl (C=O) groups excluding carboxylic acids is 1. The van der Waals surface area contributed by atoms with Crippen LogP contribution in [0.5, 0.6) is 5.88 Å². The maximum atomic E-state index is 10.2. The van der Waals surface area contributed by atoms with Gasteiger partial charge in [-0.2, -0.15) is 0 Å². The molecule has 5 heteroatoms. The third-order valence-corrected chi connectivity index (χ3v) is 2.25. The summed E-state index contributed by atoms with van der Waals surface area (Å²) in [4.78, 5) is 18.4. The Morgan fingerprint density at radius 3 is 2.29 bits per heavy atom. The molecule has 0 aromatic carbocycles. The van der Waals surface area contributed by atoms with Gasteiger partial charge >= 0.3 is 0 Å². The van der Waals surface area contributed by atoms with E-state index in [0.29, 0.717) is 18.1 Å². The van der Waals surface area contributed by atoms with Gasteiger partial charge in [-0.25, -0.2) is 9.97 Å². The maximum absolute atomic E-state index is 10.2. The van der Waals surface area contributed by atoms with Crippen LogP contribution >= 0.6 is 0 Å². The van der Waals surface area contributed by atoms with Crippen molar-refractivity contribution in [3.8, 4) is 17.0 Å². The number of nitrogens with zero attached hydrogens (tertiary/aromatic N) is 2. The van der Waals surface area contributed by atoms with Crippen LogP contribution in [-0.2, 0) is 4.79 Å². The summed E-state index contributed by atoms with van der Waals surface area (Å²) in [7, 11) is 1.57. The number of carbonyl (C=O) groups is 1. The fraction of sp³-hybridized carbons (Fsp3) is 0.0833. The van der Waals surface area contributed by atoms with Crippen molar-refractivity contribution in [2.24, 2.45) is 0 Å². The van der Waals surface area contributed by atoms with Gasteiger partial charge in [-0.3, -0.25) is 4.79 Å². The molecule has 0 fully saturated rings. The van der Waals surface area contributed by atoms with Crippen molar-refractivity contribution >= 4 is 12.2 Å². The van der Waals surface area contributed by atoms with Crippen LogP contribution in [0.4, 0.5) is 5.82 Å². The normalized spacial score (nSPS) is 9.71. The molecule has 1 amide bonds. The van der Waals surface area contributed by atoms with E-state index in [1.165, 1.54) is 0 Å². The lowest BCUT2D eigenvalue weighted by Crippen LogP contribution is -1.96. The third kappa shape index (κ3) is 2.57. The molecule has 2 rings (SSSR count). The molecule has 5 nitrogen and oxygen atoms in total. The monoisotopic (exact) mass is 229 g/mol. The van der Waals surface area contributed by atoms with Crippen molar-refractivity contribution < 1.29 is 9.53 Å². The lowest BCUT2D eigenvalue weighted by molar-refractivity contribution is -0.105. The van der Waals surface area contributed by atoms with E-state index in [4.69, 9.17) is 4.74 Å². The molecule has 0 saturated carbocycles. The van der Waals surface area contributed by atoms with E-state index in [1.807, 2.05) is 12.1 Å². The maximum Gasteiger partial charge on any atom is 0.212 e. The molecule has 2 heterocycles. The molecule has 2 aromatic heterocycles. The van der Waals surface area contributed by atoms with Gasteiger partial charge in [0.1, 0.15) is 5.82 Å². The van der Waals surface area contributed by atoms with Gasteiger partial charge < -0.3 is 10.1 Å². The average Bonchev–Trinajstić information content (AvgIpc) is 2.40. The highest BCUT2D eigenvalue weighted by atomic mass is 16.5. The molecule has 0 unspecified atom stereocenters. The Balaban J connectivity index is 2.23. The average molecular weight is 229 g/mol. The molecule has 0 aliphatic heterocycles. The Morgan fingerprint density at radius 1 is 1.12 bits per heavy atom. The highest BCUT2D eigenvalue weighted by Gasteiger charge is 2.00. The molecular formula is C12H11N3O2. The second kappa shape index (κ2) is 5.07. The smallest absolute Gasteiger partial charge is 0.212 e. The summed E-state index contributed by atoms with van der Waals surface area (Å²) in [5.41, 5.74) is 1.87. The zero-order chi connectivity index (χ0) is 12.1. The summed E-state index contributed by atoms with van der Waals surface area (Å²) in [6, 6.07) is 7.28. The lowest BCUT2D eigenvalue weighted by Gasteiger charge is -2.03. The van der Waals surface area contributed by atoms with Gasteiger partial charge in [-0.05, 0) is 18.2 Å². The number of nitrogens with one attached hydrogen (secondary N) is 1.